The van der Waals surface area contributed by atoms with Gasteiger partial charge in [0.15, 0.2) is 17.0 Å². The number of alkyl halides is 3. The summed E-state index contributed by atoms with van der Waals surface area (Å²) in [7, 11) is 3.43. The van der Waals surface area contributed by atoms with E-state index in [1.807, 2.05) is 44.5 Å². The number of rotatable bonds is 7. The summed E-state index contributed by atoms with van der Waals surface area (Å²) in [4.78, 5) is 17.5. The fraction of sp³-hybridized carbons (Fsp3) is 0.407. The van der Waals surface area contributed by atoms with Crippen molar-refractivity contribution in [2.24, 2.45) is 12.0 Å². The Kier molecular flexibility index (Phi) is 6.96. The zero-order chi connectivity index (χ0) is 27.9. The fourth-order valence-electron chi connectivity index (χ4n) is 4.49. The number of hydrogen-bond acceptors (Lipinski definition) is 7. The largest absolute Gasteiger partial charge is 0.480 e. The van der Waals surface area contributed by atoms with Gasteiger partial charge in [0.1, 0.15) is 23.4 Å². The summed E-state index contributed by atoms with van der Waals surface area (Å²) in [5.41, 5.74) is 3.49. The molecule has 1 saturated carbocycles. The minimum absolute atomic E-state index is 0.177. The van der Waals surface area contributed by atoms with Crippen LogP contribution < -0.4 is 10.2 Å². The molecule has 0 aliphatic heterocycles. The number of ether oxygens (including phenoxy) is 1. The second kappa shape index (κ2) is 10.2. The van der Waals surface area contributed by atoms with Crippen LogP contribution in [0.3, 0.4) is 0 Å². The van der Waals surface area contributed by atoms with E-state index >= 15 is 0 Å². The lowest BCUT2D eigenvalue weighted by molar-refractivity contribution is -0.140. The third kappa shape index (κ3) is 5.27. The minimum Gasteiger partial charge on any atom is -0.480 e. The maximum absolute atomic E-state index is 13.3. The summed E-state index contributed by atoms with van der Waals surface area (Å²) in [6.07, 6.45) is 0.163. The van der Waals surface area contributed by atoms with E-state index < -0.39 is 11.9 Å². The number of aromatic nitrogens is 7. The van der Waals surface area contributed by atoms with Gasteiger partial charge in [-0.25, -0.2) is 15.0 Å². The predicted octanol–water partition coefficient (Wildman–Crippen LogP) is 5.03. The zero-order valence-corrected chi connectivity index (χ0v) is 22.4. The Morgan fingerprint density at radius 1 is 1.08 bits per heavy atom. The molecule has 0 N–H and O–H groups in total. The van der Waals surface area contributed by atoms with Gasteiger partial charge in [0, 0.05) is 30.8 Å². The molecule has 204 valence electrons. The molecule has 0 amide bonds. The molecule has 0 spiro atoms. The van der Waals surface area contributed by atoms with Crippen molar-refractivity contribution in [1.29, 1.82) is 0 Å². The van der Waals surface area contributed by atoms with E-state index in [1.54, 1.807) is 19.2 Å². The second-order valence-corrected chi connectivity index (χ2v) is 9.87. The van der Waals surface area contributed by atoms with Crippen molar-refractivity contribution in [2.45, 2.75) is 58.3 Å². The molecular weight excluding hydrogens is 509 g/mol. The van der Waals surface area contributed by atoms with Crippen LogP contribution in [0.1, 0.15) is 61.3 Å². The van der Waals surface area contributed by atoms with E-state index in [2.05, 4.69) is 25.1 Å². The van der Waals surface area contributed by atoms with Crippen LogP contribution in [0.5, 0.6) is 5.88 Å². The molecule has 0 radical (unpaired) electrons. The molecule has 1 fully saturated rings. The van der Waals surface area contributed by atoms with Gasteiger partial charge in [-0.1, -0.05) is 24.3 Å². The van der Waals surface area contributed by atoms with Gasteiger partial charge in [-0.3, -0.25) is 4.99 Å². The average Bonchev–Trinajstić information content (AvgIpc) is 3.64. The van der Waals surface area contributed by atoms with E-state index in [1.165, 1.54) is 10.9 Å². The first-order valence-corrected chi connectivity index (χ1v) is 12.6. The van der Waals surface area contributed by atoms with Gasteiger partial charge in [-0.05, 0) is 39.2 Å². The SMILES string of the molecule is COc1ncnc(C2CC2)c1-c1nnc(C)c(=NCc2ccc(-c3nc(C(F)(F)F)cn3C(C)C)cc2)n1C. The summed E-state index contributed by atoms with van der Waals surface area (Å²) < 4.78 is 48.8. The van der Waals surface area contributed by atoms with Gasteiger partial charge < -0.3 is 13.9 Å². The fourth-order valence-corrected chi connectivity index (χ4v) is 4.49. The molecule has 9 nitrogen and oxygen atoms in total. The van der Waals surface area contributed by atoms with Gasteiger partial charge in [0.2, 0.25) is 5.88 Å². The summed E-state index contributed by atoms with van der Waals surface area (Å²) in [5.74, 6) is 1.62. The monoisotopic (exact) mass is 538 g/mol. The van der Waals surface area contributed by atoms with Gasteiger partial charge in [0.25, 0.3) is 0 Å². The molecule has 12 heteroatoms. The third-order valence-corrected chi connectivity index (χ3v) is 6.68. The molecule has 0 saturated heterocycles. The van der Waals surface area contributed by atoms with Crippen LogP contribution in [0.4, 0.5) is 13.2 Å². The highest BCUT2D eigenvalue weighted by atomic mass is 19.4. The Morgan fingerprint density at radius 3 is 2.41 bits per heavy atom. The van der Waals surface area contributed by atoms with Crippen molar-refractivity contribution in [3.8, 4) is 28.7 Å². The number of imidazole rings is 1. The molecule has 0 unspecified atom stereocenters. The van der Waals surface area contributed by atoms with Crippen LogP contribution in [0.25, 0.3) is 22.8 Å². The highest BCUT2D eigenvalue weighted by molar-refractivity contribution is 5.66. The van der Waals surface area contributed by atoms with E-state index in [0.29, 0.717) is 40.9 Å². The minimum atomic E-state index is -4.51. The number of nitrogens with zero attached hydrogens (tertiary/aromatic N) is 8. The van der Waals surface area contributed by atoms with Crippen molar-refractivity contribution in [2.75, 3.05) is 7.11 Å². The van der Waals surface area contributed by atoms with Gasteiger partial charge in [-0.15, -0.1) is 10.2 Å². The smallest absolute Gasteiger partial charge is 0.434 e. The third-order valence-electron chi connectivity index (χ3n) is 6.68. The first kappa shape index (κ1) is 26.5. The molecule has 1 aliphatic carbocycles. The molecule has 3 aromatic heterocycles. The lowest BCUT2D eigenvalue weighted by Crippen LogP contribution is -2.26. The molecule has 0 atom stereocenters. The van der Waals surface area contributed by atoms with Gasteiger partial charge in [0.05, 0.1) is 19.3 Å². The number of methoxy groups -OCH3 is 1. The van der Waals surface area contributed by atoms with Gasteiger partial charge in [-0.2, -0.15) is 13.2 Å². The van der Waals surface area contributed by atoms with Crippen LogP contribution in [0.2, 0.25) is 0 Å². The van der Waals surface area contributed by atoms with Crippen molar-refractivity contribution in [3.63, 3.8) is 0 Å². The highest BCUT2D eigenvalue weighted by Crippen LogP contribution is 2.44. The van der Waals surface area contributed by atoms with Crippen LogP contribution in [0.15, 0.2) is 41.8 Å². The topological polar surface area (TPSA) is 95.9 Å². The van der Waals surface area contributed by atoms with Crippen molar-refractivity contribution >= 4 is 0 Å². The Bertz CT molecular complexity index is 1570. The van der Waals surface area contributed by atoms with Crippen LogP contribution >= 0.6 is 0 Å². The first-order chi connectivity index (χ1) is 18.6. The summed E-state index contributed by atoms with van der Waals surface area (Å²) in [6, 6.07) is 7.04. The van der Waals surface area contributed by atoms with Crippen molar-refractivity contribution < 1.29 is 17.9 Å². The first-order valence-electron chi connectivity index (χ1n) is 12.6. The lowest BCUT2D eigenvalue weighted by atomic mass is 10.1. The number of hydrogen-bond donors (Lipinski definition) is 0. The molecule has 4 aromatic rings. The Labute approximate surface area is 223 Å². The average molecular weight is 539 g/mol. The van der Waals surface area contributed by atoms with E-state index in [9.17, 15) is 13.2 Å². The maximum atomic E-state index is 13.3. The standard InChI is InChI=1S/C27H29F3N8O/c1-15(2)38-13-20(27(28,29)30)34-24(38)19-8-6-17(7-9-19)12-31-23-16(3)35-36-25(37(23)4)21-22(18-10-11-18)32-14-33-26(21)39-5/h6-9,13-15,18H,10-12H2,1-5H3. The van der Waals surface area contributed by atoms with Crippen LogP contribution in [-0.2, 0) is 19.8 Å². The second-order valence-electron chi connectivity index (χ2n) is 9.87. The Balaban J connectivity index is 1.47. The molecule has 1 aromatic carbocycles. The summed E-state index contributed by atoms with van der Waals surface area (Å²) in [6.45, 7) is 5.82. The highest BCUT2D eigenvalue weighted by Gasteiger charge is 2.35. The summed E-state index contributed by atoms with van der Waals surface area (Å²) >= 11 is 0. The number of halogens is 3. The predicted molar refractivity (Wildman–Crippen MR) is 138 cm³/mol. The quantitative estimate of drug-likeness (QED) is 0.328. The lowest BCUT2D eigenvalue weighted by Gasteiger charge is -2.14. The molecule has 39 heavy (non-hydrogen) atoms. The molecule has 0 bridgehead atoms. The molecule has 3 heterocycles. The molecule has 5 rings (SSSR count). The molecular formula is C27H29F3N8O. The van der Waals surface area contributed by atoms with Crippen LogP contribution in [-0.4, -0.2) is 41.4 Å². The number of aryl methyl sites for hydroxylation is 1. The van der Waals surface area contributed by atoms with E-state index in [-0.39, 0.29) is 11.9 Å². The molecule has 1 aliphatic rings. The zero-order valence-electron chi connectivity index (χ0n) is 22.4. The van der Waals surface area contributed by atoms with Gasteiger partial charge >= 0.3 is 6.18 Å². The summed E-state index contributed by atoms with van der Waals surface area (Å²) in [5, 5.41) is 8.78. The van der Waals surface area contributed by atoms with E-state index in [0.717, 1.165) is 35.9 Å². The van der Waals surface area contributed by atoms with Crippen LogP contribution in [0, 0.1) is 6.92 Å². The maximum Gasteiger partial charge on any atom is 0.434 e. The Hall–Kier alpha value is -4.09. The van der Waals surface area contributed by atoms with Crippen molar-refractivity contribution in [3.05, 3.63) is 64.9 Å². The normalized spacial score (nSPS) is 14.3. The number of benzene rings is 1. The van der Waals surface area contributed by atoms with E-state index in [4.69, 9.17) is 9.73 Å². The Morgan fingerprint density at radius 2 is 1.79 bits per heavy atom. The van der Waals surface area contributed by atoms with Crippen molar-refractivity contribution in [1.82, 2.24) is 34.3 Å².